The van der Waals surface area contributed by atoms with E-state index in [1.807, 2.05) is 66.7 Å². The van der Waals surface area contributed by atoms with Gasteiger partial charge in [-0.1, -0.05) is 60.3 Å². The van der Waals surface area contributed by atoms with Crippen molar-refractivity contribution in [2.45, 2.75) is 5.03 Å². The Bertz CT molecular complexity index is 829. The number of thioether (sulfide) groups is 1. The van der Waals surface area contributed by atoms with E-state index in [1.165, 1.54) is 18.1 Å². The van der Waals surface area contributed by atoms with Gasteiger partial charge in [0.25, 0.3) is 0 Å². The molecule has 1 heterocycles. The number of ether oxygens (including phenoxy) is 2. The Labute approximate surface area is 156 Å². The van der Waals surface area contributed by atoms with Crippen molar-refractivity contribution in [2.24, 2.45) is 0 Å². The summed E-state index contributed by atoms with van der Waals surface area (Å²) < 4.78 is 10.7. The molecule has 6 heteroatoms. The second-order valence-corrected chi connectivity index (χ2v) is 6.27. The van der Waals surface area contributed by atoms with Crippen molar-refractivity contribution in [1.29, 1.82) is 0 Å². The van der Waals surface area contributed by atoms with Crippen LogP contribution in [0.5, 0.6) is 5.75 Å². The average molecular weight is 366 g/mol. The van der Waals surface area contributed by atoms with Crippen LogP contribution in [0, 0.1) is 0 Å². The first-order chi connectivity index (χ1) is 12.8. The van der Waals surface area contributed by atoms with E-state index in [4.69, 9.17) is 9.47 Å². The lowest BCUT2D eigenvalue weighted by Gasteiger charge is -2.07. The van der Waals surface area contributed by atoms with Crippen LogP contribution >= 0.6 is 11.8 Å². The average Bonchev–Trinajstić information content (AvgIpc) is 2.71. The second-order valence-electron chi connectivity index (χ2n) is 5.28. The maximum absolute atomic E-state index is 11.8. The lowest BCUT2D eigenvalue weighted by atomic mass is 10.1. The van der Waals surface area contributed by atoms with Gasteiger partial charge in [-0.15, -0.1) is 0 Å². The van der Waals surface area contributed by atoms with Crippen LogP contribution in [0.2, 0.25) is 0 Å². The van der Waals surface area contributed by atoms with Gasteiger partial charge in [-0.05, 0) is 18.2 Å². The van der Waals surface area contributed by atoms with Crippen molar-refractivity contribution in [3.8, 4) is 17.0 Å². The lowest BCUT2D eigenvalue weighted by Crippen LogP contribution is -2.13. The number of carbonyl (C=O) groups excluding carboxylic acids is 1. The normalized spacial score (nSPS) is 10.3. The molecule has 0 bridgehead atoms. The number of benzene rings is 2. The van der Waals surface area contributed by atoms with Gasteiger partial charge in [0.05, 0.1) is 11.4 Å². The molecule has 0 radical (unpaired) electrons. The van der Waals surface area contributed by atoms with E-state index >= 15 is 0 Å². The Hall–Kier alpha value is -2.86. The van der Waals surface area contributed by atoms with Crippen molar-refractivity contribution in [1.82, 2.24) is 9.97 Å². The highest BCUT2D eigenvalue weighted by Crippen LogP contribution is 2.21. The van der Waals surface area contributed by atoms with Crippen molar-refractivity contribution >= 4 is 17.7 Å². The molecule has 0 saturated carbocycles. The summed E-state index contributed by atoms with van der Waals surface area (Å²) in [6.07, 6.45) is 1.50. The second kappa shape index (κ2) is 9.58. The standard InChI is InChI=1S/C20H18N2O3S/c23-20(25-12-11-24-17-9-5-2-6-10-17)14-26-19-13-18(21-15-22-19)16-7-3-1-4-8-16/h1-10,13,15H,11-12,14H2. The third-order valence-corrected chi connectivity index (χ3v) is 4.31. The summed E-state index contributed by atoms with van der Waals surface area (Å²) in [6, 6.07) is 21.1. The zero-order valence-corrected chi connectivity index (χ0v) is 14.9. The minimum Gasteiger partial charge on any atom is -0.490 e. The predicted molar refractivity (Wildman–Crippen MR) is 101 cm³/mol. The zero-order valence-electron chi connectivity index (χ0n) is 14.1. The molecule has 0 N–H and O–H groups in total. The number of esters is 1. The molecule has 1 aromatic heterocycles. The minimum absolute atomic E-state index is 0.191. The maximum atomic E-state index is 11.8. The Morgan fingerprint density at radius 2 is 1.65 bits per heavy atom. The van der Waals surface area contributed by atoms with E-state index in [0.717, 1.165) is 22.0 Å². The number of nitrogens with zero attached hydrogens (tertiary/aromatic N) is 2. The molecule has 0 aliphatic carbocycles. The summed E-state index contributed by atoms with van der Waals surface area (Å²) in [6.45, 7) is 0.541. The highest BCUT2D eigenvalue weighted by Gasteiger charge is 2.07. The third kappa shape index (κ3) is 5.60. The molecule has 0 spiro atoms. The van der Waals surface area contributed by atoms with Gasteiger partial charge in [-0.25, -0.2) is 9.97 Å². The van der Waals surface area contributed by atoms with E-state index in [-0.39, 0.29) is 18.3 Å². The predicted octanol–water partition coefficient (Wildman–Crippen LogP) is 3.86. The number of para-hydroxylation sites is 1. The van der Waals surface area contributed by atoms with Crippen LogP contribution in [0.3, 0.4) is 0 Å². The van der Waals surface area contributed by atoms with Crippen molar-refractivity contribution < 1.29 is 14.3 Å². The summed E-state index contributed by atoms with van der Waals surface area (Å²) in [4.78, 5) is 20.3. The Kier molecular flexibility index (Phi) is 6.61. The first-order valence-electron chi connectivity index (χ1n) is 8.15. The summed E-state index contributed by atoms with van der Waals surface area (Å²) in [5.74, 6) is 0.648. The van der Waals surface area contributed by atoms with Gasteiger partial charge in [0.1, 0.15) is 30.3 Å². The molecule has 5 nitrogen and oxygen atoms in total. The molecule has 0 fully saturated rings. The molecule has 0 amide bonds. The SMILES string of the molecule is O=C(CSc1cc(-c2ccccc2)ncn1)OCCOc1ccccc1. The molecule has 0 saturated heterocycles. The van der Waals surface area contributed by atoms with Gasteiger partial charge in [-0.3, -0.25) is 4.79 Å². The molecule has 3 rings (SSSR count). The molecule has 0 atom stereocenters. The Balaban J connectivity index is 1.42. The van der Waals surface area contributed by atoms with Gasteiger partial charge in [0, 0.05) is 5.56 Å². The maximum Gasteiger partial charge on any atom is 0.316 e. The van der Waals surface area contributed by atoms with Gasteiger partial charge in [0.15, 0.2) is 0 Å². The van der Waals surface area contributed by atoms with E-state index < -0.39 is 0 Å². The Morgan fingerprint density at radius 1 is 0.923 bits per heavy atom. The summed E-state index contributed by atoms with van der Waals surface area (Å²) >= 11 is 1.33. The molecule has 0 unspecified atom stereocenters. The van der Waals surface area contributed by atoms with Gasteiger partial charge < -0.3 is 9.47 Å². The molecule has 0 aliphatic heterocycles. The van der Waals surface area contributed by atoms with Crippen LogP contribution < -0.4 is 4.74 Å². The van der Waals surface area contributed by atoms with Crippen molar-refractivity contribution in [2.75, 3.05) is 19.0 Å². The van der Waals surface area contributed by atoms with Crippen LogP contribution in [0.1, 0.15) is 0 Å². The van der Waals surface area contributed by atoms with Crippen LogP contribution in [0.4, 0.5) is 0 Å². The fourth-order valence-corrected chi connectivity index (χ4v) is 2.86. The van der Waals surface area contributed by atoms with Gasteiger partial charge >= 0.3 is 5.97 Å². The number of carbonyl (C=O) groups is 1. The topological polar surface area (TPSA) is 61.3 Å². The van der Waals surface area contributed by atoms with Crippen LogP contribution in [0.25, 0.3) is 11.3 Å². The smallest absolute Gasteiger partial charge is 0.316 e. The van der Waals surface area contributed by atoms with E-state index in [2.05, 4.69) is 9.97 Å². The largest absolute Gasteiger partial charge is 0.490 e. The number of aromatic nitrogens is 2. The molecule has 2 aromatic carbocycles. The lowest BCUT2D eigenvalue weighted by molar-refractivity contribution is -0.141. The van der Waals surface area contributed by atoms with Crippen LogP contribution in [0.15, 0.2) is 78.1 Å². The summed E-state index contributed by atoms with van der Waals surface area (Å²) in [5.41, 5.74) is 1.84. The third-order valence-electron chi connectivity index (χ3n) is 3.41. The summed E-state index contributed by atoms with van der Waals surface area (Å²) in [7, 11) is 0. The molecular formula is C20H18N2O3S. The molecular weight excluding hydrogens is 348 g/mol. The quantitative estimate of drug-likeness (QED) is 0.261. The van der Waals surface area contributed by atoms with Crippen LogP contribution in [-0.2, 0) is 9.53 Å². The highest BCUT2D eigenvalue weighted by molar-refractivity contribution is 7.99. The van der Waals surface area contributed by atoms with E-state index in [0.29, 0.717) is 6.61 Å². The van der Waals surface area contributed by atoms with Crippen LogP contribution in [-0.4, -0.2) is 34.9 Å². The van der Waals surface area contributed by atoms with Crippen molar-refractivity contribution in [3.05, 3.63) is 73.1 Å². The Morgan fingerprint density at radius 3 is 2.42 bits per heavy atom. The fourth-order valence-electron chi connectivity index (χ4n) is 2.19. The monoisotopic (exact) mass is 366 g/mol. The van der Waals surface area contributed by atoms with Gasteiger partial charge in [-0.2, -0.15) is 0 Å². The first-order valence-corrected chi connectivity index (χ1v) is 9.13. The number of hydrogen-bond donors (Lipinski definition) is 0. The summed E-state index contributed by atoms with van der Waals surface area (Å²) in [5, 5.41) is 0.733. The fraction of sp³-hybridized carbons (Fsp3) is 0.150. The number of rotatable bonds is 8. The molecule has 132 valence electrons. The zero-order chi connectivity index (χ0) is 18.0. The molecule has 3 aromatic rings. The van der Waals surface area contributed by atoms with Crippen molar-refractivity contribution in [3.63, 3.8) is 0 Å². The van der Waals surface area contributed by atoms with Gasteiger partial charge in [0.2, 0.25) is 0 Å². The first kappa shape index (κ1) is 17.9. The molecule has 0 aliphatic rings. The highest BCUT2D eigenvalue weighted by atomic mass is 32.2. The van der Waals surface area contributed by atoms with E-state index in [9.17, 15) is 4.79 Å². The minimum atomic E-state index is -0.300. The number of hydrogen-bond acceptors (Lipinski definition) is 6. The van der Waals surface area contributed by atoms with E-state index in [1.54, 1.807) is 0 Å². The molecule has 26 heavy (non-hydrogen) atoms.